The second-order valence-electron chi connectivity index (χ2n) is 6.21. The fourth-order valence-corrected chi connectivity index (χ4v) is 3.39. The van der Waals surface area contributed by atoms with Crippen molar-refractivity contribution >= 4 is 6.03 Å². The fraction of sp³-hybridized carbons (Fsp3) is 0.471. The van der Waals surface area contributed by atoms with Crippen LogP contribution in [0.5, 0.6) is 5.75 Å². The summed E-state index contributed by atoms with van der Waals surface area (Å²) >= 11 is 0. The van der Waals surface area contributed by atoms with Crippen LogP contribution in [-0.4, -0.2) is 59.0 Å². The van der Waals surface area contributed by atoms with Gasteiger partial charge in [-0.25, -0.2) is 9.78 Å². The lowest BCUT2D eigenvalue weighted by Gasteiger charge is -2.35. The smallest absolute Gasteiger partial charge is 0.318 e. The summed E-state index contributed by atoms with van der Waals surface area (Å²) in [4.78, 5) is 18.7. The van der Waals surface area contributed by atoms with Gasteiger partial charge in [-0.15, -0.1) is 0 Å². The van der Waals surface area contributed by atoms with E-state index < -0.39 is 0 Å². The maximum absolute atomic E-state index is 12.7. The van der Waals surface area contributed by atoms with Crippen LogP contribution in [0.2, 0.25) is 0 Å². The number of amides is 2. The second-order valence-corrected chi connectivity index (χ2v) is 6.21. The van der Waals surface area contributed by atoms with Crippen molar-refractivity contribution in [1.82, 2.24) is 25.4 Å². The molecule has 2 amide bonds. The molecule has 2 atom stereocenters. The van der Waals surface area contributed by atoms with Gasteiger partial charge in [0.2, 0.25) is 0 Å². The summed E-state index contributed by atoms with van der Waals surface area (Å²) in [6.07, 6.45) is 2.34. The molecule has 2 aliphatic rings. The maximum atomic E-state index is 12.7. The van der Waals surface area contributed by atoms with Crippen molar-refractivity contribution in [1.29, 1.82) is 0 Å². The zero-order valence-electron chi connectivity index (χ0n) is 13.9. The Hall–Kier alpha value is -2.61. The van der Waals surface area contributed by atoms with Gasteiger partial charge in [0.05, 0.1) is 19.8 Å². The highest BCUT2D eigenvalue weighted by Gasteiger charge is 2.31. The fourth-order valence-electron chi connectivity index (χ4n) is 3.39. The number of nitrogens with one attached hydrogen (secondary N) is 2. The maximum Gasteiger partial charge on any atom is 0.318 e. The van der Waals surface area contributed by atoms with Gasteiger partial charge in [0, 0.05) is 19.0 Å². The number of rotatable bonds is 3. The zero-order valence-corrected chi connectivity index (χ0v) is 13.9. The average molecular weight is 343 g/mol. The number of para-hydroxylation sites is 1. The first kappa shape index (κ1) is 15.9. The molecule has 0 bridgehead atoms. The van der Waals surface area contributed by atoms with Crippen LogP contribution in [0, 0.1) is 0 Å². The molecule has 0 spiro atoms. The molecule has 1 aromatic carbocycles. The van der Waals surface area contributed by atoms with E-state index in [9.17, 15) is 4.79 Å². The SMILES string of the molecule is O=C(NCC1CCOc2ccccc21)N1CCOCC1c1ncn[nH]1. The normalized spacial score (nSPS) is 22.8. The first-order chi connectivity index (χ1) is 12.3. The van der Waals surface area contributed by atoms with E-state index in [4.69, 9.17) is 9.47 Å². The van der Waals surface area contributed by atoms with Crippen molar-refractivity contribution in [2.45, 2.75) is 18.4 Å². The second kappa shape index (κ2) is 7.10. The third-order valence-electron chi connectivity index (χ3n) is 4.72. The highest BCUT2D eigenvalue weighted by atomic mass is 16.5. The van der Waals surface area contributed by atoms with Crippen molar-refractivity contribution in [3.05, 3.63) is 42.0 Å². The largest absolute Gasteiger partial charge is 0.493 e. The summed E-state index contributed by atoms with van der Waals surface area (Å²) in [5.41, 5.74) is 1.16. The van der Waals surface area contributed by atoms with Gasteiger partial charge in [-0.3, -0.25) is 5.10 Å². The van der Waals surface area contributed by atoms with E-state index in [-0.39, 0.29) is 18.0 Å². The van der Waals surface area contributed by atoms with Crippen LogP contribution in [0.25, 0.3) is 0 Å². The predicted octanol–water partition coefficient (Wildman–Crippen LogP) is 1.45. The molecular weight excluding hydrogens is 322 g/mol. The van der Waals surface area contributed by atoms with E-state index in [1.165, 1.54) is 6.33 Å². The summed E-state index contributed by atoms with van der Waals surface area (Å²) < 4.78 is 11.2. The van der Waals surface area contributed by atoms with E-state index in [2.05, 4.69) is 26.6 Å². The molecule has 2 aromatic rings. The lowest BCUT2D eigenvalue weighted by atomic mass is 9.93. The molecule has 1 saturated heterocycles. The summed E-state index contributed by atoms with van der Waals surface area (Å²) in [5.74, 6) is 1.82. The highest BCUT2D eigenvalue weighted by molar-refractivity contribution is 5.75. The van der Waals surface area contributed by atoms with Crippen LogP contribution in [-0.2, 0) is 4.74 Å². The van der Waals surface area contributed by atoms with Gasteiger partial charge in [-0.1, -0.05) is 18.2 Å². The standard InChI is InChI=1S/C17H21N5O3/c23-17(22-6-8-24-10-14(22)16-19-11-20-21-16)18-9-12-5-7-25-15-4-2-1-3-13(12)15/h1-4,11-12,14H,5-10H2,(H,18,23)(H,19,20,21). The number of ether oxygens (including phenoxy) is 2. The molecule has 8 nitrogen and oxygen atoms in total. The molecule has 0 aliphatic carbocycles. The molecule has 2 unspecified atom stereocenters. The minimum atomic E-state index is -0.238. The number of H-pyrrole nitrogens is 1. The molecule has 2 aliphatic heterocycles. The third-order valence-corrected chi connectivity index (χ3v) is 4.72. The van der Waals surface area contributed by atoms with Gasteiger partial charge in [-0.05, 0) is 18.1 Å². The molecular formula is C17H21N5O3. The van der Waals surface area contributed by atoms with Gasteiger partial charge in [0.1, 0.15) is 23.9 Å². The van der Waals surface area contributed by atoms with Crippen molar-refractivity contribution in [3.63, 3.8) is 0 Å². The van der Waals surface area contributed by atoms with Gasteiger partial charge < -0.3 is 19.7 Å². The molecule has 4 rings (SSSR count). The number of fused-ring (bicyclic) bond motifs is 1. The minimum absolute atomic E-state index is 0.103. The average Bonchev–Trinajstić information content (AvgIpc) is 3.21. The van der Waals surface area contributed by atoms with Gasteiger partial charge in [0.25, 0.3) is 0 Å². The van der Waals surface area contributed by atoms with Crippen LogP contribution >= 0.6 is 0 Å². The number of benzene rings is 1. The Labute approximate surface area is 145 Å². The Morgan fingerprint density at radius 2 is 2.28 bits per heavy atom. The monoisotopic (exact) mass is 343 g/mol. The zero-order chi connectivity index (χ0) is 17.1. The van der Waals surface area contributed by atoms with Crippen LogP contribution < -0.4 is 10.1 Å². The molecule has 1 fully saturated rings. The molecule has 132 valence electrons. The Balaban J connectivity index is 1.42. The van der Waals surface area contributed by atoms with Crippen LogP contribution in [0.4, 0.5) is 4.79 Å². The third kappa shape index (κ3) is 3.30. The summed E-state index contributed by atoms with van der Waals surface area (Å²) in [7, 11) is 0. The summed E-state index contributed by atoms with van der Waals surface area (Å²) in [5, 5.41) is 9.77. The molecule has 8 heteroatoms. The highest BCUT2D eigenvalue weighted by Crippen LogP contribution is 2.32. The number of morpholine rings is 1. The number of aromatic nitrogens is 3. The van der Waals surface area contributed by atoms with Gasteiger partial charge in [-0.2, -0.15) is 5.10 Å². The minimum Gasteiger partial charge on any atom is -0.493 e. The van der Waals surface area contributed by atoms with E-state index in [0.717, 1.165) is 17.7 Å². The van der Waals surface area contributed by atoms with Crippen LogP contribution in [0.15, 0.2) is 30.6 Å². The van der Waals surface area contributed by atoms with Crippen molar-refractivity contribution < 1.29 is 14.3 Å². The van der Waals surface area contributed by atoms with Crippen LogP contribution in [0.1, 0.15) is 29.8 Å². The van der Waals surface area contributed by atoms with E-state index >= 15 is 0 Å². The molecule has 25 heavy (non-hydrogen) atoms. The Morgan fingerprint density at radius 3 is 3.16 bits per heavy atom. The van der Waals surface area contributed by atoms with Gasteiger partial charge >= 0.3 is 6.03 Å². The van der Waals surface area contributed by atoms with E-state index in [0.29, 0.717) is 38.7 Å². The Bertz CT molecular complexity index is 721. The van der Waals surface area contributed by atoms with E-state index in [1.807, 2.05) is 18.2 Å². The Kier molecular flexibility index (Phi) is 4.51. The lowest BCUT2D eigenvalue weighted by molar-refractivity contribution is 0.00864. The van der Waals surface area contributed by atoms with Crippen molar-refractivity contribution in [3.8, 4) is 5.75 Å². The topological polar surface area (TPSA) is 92.4 Å². The number of hydrogen-bond donors (Lipinski definition) is 2. The number of carbonyl (C=O) groups is 1. The lowest BCUT2D eigenvalue weighted by Crippen LogP contribution is -2.49. The number of nitrogens with zero attached hydrogens (tertiary/aromatic N) is 3. The Morgan fingerprint density at radius 1 is 1.36 bits per heavy atom. The first-order valence-electron chi connectivity index (χ1n) is 8.52. The molecule has 0 radical (unpaired) electrons. The van der Waals surface area contributed by atoms with Crippen LogP contribution in [0.3, 0.4) is 0 Å². The molecule has 1 aromatic heterocycles. The molecule has 3 heterocycles. The number of aromatic amines is 1. The number of hydrogen-bond acceptors (Lipinski definition) is 5. The first-order valence-corrected chi connectivity index (χ1v) is 8.52. The number of urea groups is 1. The van der Waals surface area contributed by atoms with E-state index in [1.54, 1.807) is 4.90 Å². The quantitative estimate of drug-likeness (QED) is 0.880. The molecule has 0 saturated carbocycles. The predicted molar refractivity (Wildman–Crippen MR) is 89.3 cm³/mol. The molecule has 2 N–H and O–H groups in total. The van der Waals surface area contributed by atoms with Gasteiger partial charge in [0.15, 0.2) is 0 Å². The summed E-state index contributed by atoms with van der Waals surface area (Å²) in [6, 6.07) is 7.68. The van der Waals surface area contributed by atoms with Crippen molar-refractivity contribution in [2.75, 3.05) is 32.9 Å². The van der Waals surface area contributed by atoms with Crippen molar-refractivity contribution in [2.24, 2.45) is 0 Å². The number of carbonyl (C=O) groups excluding carboxylic acids is 1. The summed E-state index contributed by atoms with van der Waals surface area (Å²) in [6.45, 7) is 2.73.